The molecule has 2 N–H and O–H groups in total. The van der Waals surface area contributed by atoms with Crippen LogP contribution in [-0.2, 0) is 0 Å². The van der Waals surface area contributed by atoms with Gasteiger partial charge in [-0.1, -0.05) is 26.3 Å². The van der Waals surface area contributed by atoms with E-state index >= 15 is 0 Å². The van der Waals surface area contributed by atoms with Crippen LogP contribution < -0.4 is 5.32 Å². The topological polar surface area (TPSA) is 32.3 Å². The van der Waals surface area contributed by atoms with E-state index in [4.69, 9.17) is 0 Å². The largest absolute Gasteiger partial charge is 0.394 e. The number of aliphatic hydroxyl groups is 1. The van der Waals surface area contributed by atoms with Crippen LogP contribution in [0.2, 0.25) is 0 Å². The summed E-state index contributed by atoms with van der Waals surface area (Å²) in [5.74, 6) is 1.78. The second-order valence-corrected chi connectivity index (χ2v) is 8.11. The van der Waals surface area contributed by atoms with Gasteiger partial charge in [-0.3, -0.25) is 0 Å². The van der Waals surface area contributed by atoms with Crippen molar-refractivity contribution in [2.45, 2.75) is 55.3 Å². The van der Waals surface area contributed by atoms with Crippen molar-refractivity contribution in [3.63, 3.8) is 0 Å². The number of thiophene rings is 1. The van der Waals surface area contributed by atoms with E-state index in [0.29, 0.717) is 12.0 Å². The third-order valence-corrected chi connectivity index (χ3v) is 6.19. The first-order valence-electron chi connectivity index (χ1n) is 7.21. The minimum Gasteiger partial charge on any atom is -0.394 e. The molecule has 19 heavy (non-hydrogen) atoms. The van der Waals surface area contributed by atoms with E-state index in [1.54, 1.807) is 0 Å². The maximum Gasteiger partial charge on any atom is 0.0616 e. The molecule has 1 heterocycles. The molecule has 0 aliphatic heterocycles. The Bertz CT molecular complexity index is 366. The lowest BCUT2D eigenvalue weighted by Crippen LogP contribution is -2.54. The first-order valence-corrected chi connectivity index (χ1v) is 9.08. The average Bonchev–Trinajstić information content (AvgIpc) is 3.00. The minimum absolute atomic E-state index is 0.0236. The number of aliphatic hydroxyl groups excluding tert-OH is 1. The Hall–Kier alpha value is -0.0300. The molecule has 1 aliphatic rings. The van der Waals surface area contributed by atoms with Gasteiger partial charge in [0.1, 0.15) is 0 Å². The van der Waals surface area contributed by atoms with Crippen LogP contribution in [0.1, 0.15) is 39.5 Å². The van der Waals surface area contributed by atoms with Crippen molar-refractivity contribution < 1.29 is 5.11 Å². The van der Waals surface area contributed by atoms with Gasteiger partial charge in [-0.25, -0.2) is 0 Å². The molecule has 1 aromatic rings. The van der Waals surface area contributed by atoms with Gasteiger partial charge in [0, 0.05) is 11.6 Å². The Balaban J connectivity index is 1.86. The molecule has 0 bridgehead atoms. The van der Waals surface area contributed by atoms with E-state index in [0.717, 1.165) is 12.2 Å². The van der Waals surface area contributed by atoms with Crippen molar-refractivity contribution in [3.05, 3.63) is 17.5 Å². The lowest BCUT2D eigenvalue weighted by atomic mass is 9.85. The molecule has 2 nitrogen and oxygen atoms in total. The Morgan fingerprint density at radius 2 is 2.42 bits per heavy atom. The lowest BCUT2D eigenvalue weighted by Gasteiger charge is -2.37. The summed E-state index contributed by atoms with van der Waals surface area (Å²) in [6.45, 7) is 4.62. The van der Waals surface area contributed by atoms with Gasteiger partial charge in [0.2, 0.25) is 0 Å². The van der Waals surface area contributed by atoms with Gasteiger partial charge in [0.25, 0.3) is 0 Å². The van der Waals surface area contributed by atoms with Gasteiger partial charge in [-0.15, -0.1) is 23.1 Å². The zero-order chi connectivity index (χ0) is 13.7. The standard InChI is InChI=1S/C15H25NOS2/c1-12(2)16-15(11-17)8-3-5-13(15)7-10-19-14-6-4-9-18-14/h4,6,9,12-13,16-17H,3,5,7-8,10-11H2,1-2H3. The second-order valence-electron chi connectivity index (χ2n) is 5.77. The second kappa shape index (κ2) is 7.11. The van der Waals surface area contributed by atoms with Crippen LogP contribution in [0.3, 0.4) is 0 Å². The summed E-state index contributed by atoms with van der Waals surface area (Å²) in [6, 6.07) is 4.74. The summed E-state index contributed by atoms with van der Waals surface area (Å²) in [5, 5.41) is 15.6. The molecule has 1 aliphatic carbocycles. The Morgan fingerprint density at radius 3 is 3.05 bits per heavy atom. The van der Waals surface area contributed by atoms with Gasteiger partial charge in [0.05, 0.1) is 10.8 Å². The van der Waals surface area contributed by atoms with Crippen molar-refractivity contribution in [1.82, 2.24) is 5.32 Å². The maximum absolute atomic E-state index is 9.85. The van der Waals surface area contributed by atoms with Crippen molar-refractivity contribution in [1.29, 1.82) is 0 Å². The third-order valence-electron chi connectivity index (χ3n) is 4.02. The van der Waals surface area contributed by atoms with E-state index in [1.807, 2.05) is 23.1 Å². The molecule has 0 spiro atoms. The fourth-order valence-electron chi connectivity index (χ4n) is 3.23. The SMILES string of the molecule is CC(C)NC1(CO)CCCC1CCSc1cccs1. The molecular weight excluding hydrogens is 274 g/mol. The van der Waals surface area contributed by atoms with Crippen molar-refractivity contribution in [2.75, 3.05) is 12.4 Å². The number of nitrogens with one attached hydrogen (secondary N) is 1. The van der Waals surface area contributed by atoms with Crippen LogP contribution in [-0.4, -0.2) is 29.0 Å². The highest BCUT2D eigenvalue weighted by atomic mass is 32.2. The van der Waals surface area contributed by atoms with Crippen LogP contribution >= 0.6 is 23.1 Å². The fourth-order valence-corrected chi connectivity index (χ4v) is 5.15. The number of hydrogen-bond donors (Lipinski definition) is 2. The van der Waals surface area contributed by atoms with Crippen molar-refractivity contribution in [2.24, 2.45) is 5.92 Å². The maximum atomic E-state index is 9.85. The van der Waals surface area contributed by atoms with E-state index in [1.165, 1.54) is 23.5 Å². The highest BCUT2D eigenvalue weighted by molar-refractivity contribution is 8.01. The predicted molar refractivity (Wildman–Crippen MR) is 85.1 cm³/mol. The van der Waals surface area contributed by atoms with Crippen LogP contribution in [0.25, 0.3) is 0 Å². The highest BCUT2D eigenvalue weighted by Crippen LogP contribution is 2.39. The smallest absolute Gasteiger partial charge is 0.0616 e. The highest BCUT2D eigenvalue weighted by Gasteiger charge is 2.41. The summed E-state index contributed by atoms with van der Waals surface area (Å²) in [5.41, 5.74) is -0.0236. The summed E-state index contributed by atoms with van der Waals surface area (Å²) in [7, 11) is 0. The molecule has 108 valence electrons. The molecule has 0 aromatic carbocycles. The summed E-state index contributed by atoms with van der Waals surface area (Å²) in [4.78, 5) is 0. The first-order chi connectivity index (χ1) is 9.16. The molecule has 4 heteroatoms. The number of thioether (sulfide) groups is 1. The van der Waals surface area contributed by atoms with E-state index in [9.17, 15) is 5.11 Å². The Morgan fingerprint density at radius 1 is 1.58 bits per heavy atom. The van der Waals surface area contributed by atoms with Gasteiger partial charge in [-0.2, -0.15) is 0 Å². The van der Waals surface area contributed by atoms with Gasteiger partial charge in [0.15, 0.2) is 0 Å². The van der Waals surface area contributed by atoms with Crippen LogP contribution in [0.15, 0.2) is 21.7 Å². The predicted octanol–water partition coefficient (Wildman–Crippen LogP) is 3.76. The third kappa shape index (κ3) is 3.97. The van der Waals surface area contributed by atoms with Crippen LogP contribution in [0.4, 0.5) is 0 Å². The molecule has 0 radical (unpaired) electrons. The van der Waals surface area contributed by atoms with Gasteiger partial charge < -0.3 is 10.4 Å². The molecule has 2 unspecified atom stereocenters. The molecule has 0 amide bonds. The number of hydrogen-bond acceptors (Lipinski definition) is 4. The summed E-state index contributed by atoms with van der Waals surface area (Å²) >= 11 is 3.77. The molecule has 1 saturated carbocycles. The molecule has 2 rings (SSSR count). The lowest BCUT2D eigenvalue weighted by molar-refractivity contribution is 0.113. The van der Waals surface area contributed by atoms with Gasteiger partial charge >= 0.3 is 0 Å². The fraction of sp³-hybridized carbons (Fsp3) is 0.733. The monoisotopic (exact) mass is 299 g/mol. The normalized spacial score (nSPS) is 27.3. The molecule has 1 aromatic heterocycles. The molecule has 1 fully saturated rings. The van der Waals surface area contributed by atoms with Gasteiger partial charge in [-0.05, 0) is 42.4 Å². The quantitative estimate of drug-likeness (QED) is 0.752. The van der Waals surface area contributed by atoms with E-state index in [-0.39, 0.29) is 12.1 Å². The number of rotatable bonds is 7. The average molecular weight is 300 g/mol. The van der Waals surface area contributed by atoms with Crippen molar-refractivity contribution >= 4 is 23.1 Å². The van der Waals surface area contributed by atoms with Crippen LogP contribution in [0, 0.1) is 5.92 Å². The minimum atomic E-state index is -0.0236. The Labute approximate surface area is 125 Å². The van der Waals surface area contributed by atoms with Crippen LogP contribution in [0.5, 0.6) is 0 Å². The van der Waals surface area contributed by atoms with Crippen molar-refractivity contribution in [3.8, 4) is 0 Å². The van der Waals surface area contributed by atoms with E-state index < -0.39 is 0 Å². The molecule has 0 saturated heterocycles. The molecule has 2 atom stereocenters. The first kappa shape index (κ1) is 15.4. The van der Waals surface area contributed by atoms with E-state index in [2.05, 4.69) is 36.7 Å². The Kier molecular flexibility index (Phi) is 5.75. The summed E-state index contributed by atoms with van der Waals surface area (Å²) < 4.78 is 1.41. The zero-order valence-corrected chi connectivity index (χ0v) is 13.5. The zero-order valence-electron chi connectivity index (χ0n) is 11.9. The molecular formula is C15H25NOS2. The summed E-state index contributed by atoms with van der Waals surface area (Å²) in [6.07, 6.45) is 4.82.